The van der Waals surface area contributed by atoms with Crippen LogP contribution in [0.4, 0.5) is 0 Å². The van der Waals surface area contributed by atoms with E-state index >= 15 is 0 Å². The smallest absolute Gasteiger partial charge is 0.263 e. The van der Waals surface area contributed by atoms with Crippen molar-refractivity contribution in [3.8, 4) is 5.75 Å². The van der Waals surface area contributed by atoms with Gasteiger partial charge in [-0.05, 0) is 31.0 Å². The Bertz CT molecular complexity index is 630. The minimum atomic E-state index is -0.741. The van der Waals surface area contributed by atoms with Crippen molar-refractivity contribution < 1.29 is 14.6 Å². The Balaban J connectivity index is 2.06. The molecule has 1 N–H and O–H groups in total. The molecule has 3 unspecified atom stereocenters. The number of hydrogen-bond acceptors (Lipinski definition) is 3. The molecule has 2 aromatic rings. The first kappa shape index (κ1) is 18.0. The van der Waals surface area contributed by atoms with E-state index in [1.165, 1.54) is 0 Å². The Kier molecular flexibility index (Phi) is 6.38. The normalized spacial score (nSPS) is 14.5. The van der Waals surface area contributed by atoms with Crippen LogP contribution in [0.5, 0.6) is 5.75 Å². The van der Waals surface area contributed by atoms with Gasteiger partial charge in [0, 0.05) is 7.05 Å². The largest absolute Gasteiger partial charge is 0.481 e. The zero-order valence-corrected chi connectivity index (χ0v) is 14.4. The first-order chi connectivity index (χ1) is 11.5. The van der Waals surface area contributed by atoms with Gasteiger partial charge in [-0.3, -0.25) is 4.79 Å². The quantitative estimate of drug-likeness (QED) is 0.848. The summed E-state index contributed by atoms with van der Waals surface area (Å²) in [6, 6.07) is 18.3. The number of aliphatic hydroxyl groups is 1. The van der Waals surface area contributed by atoms with Gasteiger partial charge in [-0.25, -0.2) is 0 Å². The van der Waals surface area contributed by atoms with E-state index in [1.807, 2.05) is 74.5 Å². The lowest BCUT2D eigenvalue weighted by Gasteiger charge is -2.32. The van der Waals surface area contributed by atoms with Crippen LogP contribution in [0, 0.1) is 0 Å². The number of carbonyl (C=O) groups is 1. The average Bonchev–Trinajstić information content (AvgIpc) is 2.65. The van der Waals surface area contributed by atoms with E-state index in [1.54, 1.807) is 11.9 Å². The maximum atomic E-state index is 12.7. The van der Waals surface area contributed by atoms with Crippen LogP contribution in [0.2, 0.25) is 0 Å². The van der Waals surface area contributed by atoms with Crippen molar-refractivity contribution in [2.24, 2.45) is 0 Å². The molecule has 0 radical (unpaired) electrons. The van der Waals surface area contributed by atoms with Crippen molar-refractivity contribution in [1.29, 1.82) is 0 Å². The zero-order valence-electron chi connectivity index (χ0n) is 14.4. The molecule has 0 bridgehead atoms. The van der Waals surface area contributed by atoms with Gasteiger partial charge >= 0.3 is 0 Å². The Hall–Kier alpha value is -2.33. The fraction of sp³-hybridized carbons (Fsp3) is 0.350. The number of rotatable bonds is 7. The summed E-state index contributed by atoms with van der Waals surface area (Å²) >= 11 is 0. The highest BCUT2D eigenvalue weighted by atomic mass is 16.5. The summed E-state index contributed by atoms with van der Waals surface area (Å²) in [6.07, 6.45) is -0.746. The highest BCUT2D eigenvalue weighted by Crippen LogP contribution is 2.21. The molecule has 0 spiro atoms. The Morgan fingerprint density at radius 3 is 2.17 bits per heavy atom. The third kappa shape index (κ3) is 4.36. The molecular formula is C20H25NO3. The second kappa shape index (κ2) is 8.50. The van der Waals surface area contributed by atoms with Crippen LogP contribution >= 0.6 is 0 Å². The molecule has 0 aliphatic rings. The molecule has 0 fully saturated rings. The summed E-state index contributed by atoms with van der Waals surface area (Å²) < 4.78 is 5.81. The van der Waals surface area contributed by atoms with Gasteiger partial charge in [0.25, 0.3) is 5.91 Å². The average molecular weight is 327 g/mol. The molecule has 24 heavy (non-hydrogen) atoms. The van der Waals surface area contributed by atoms with E-state index in [4.69, 9.17) is 4.74 Å². The number of hydrogen-bond donors (Lipinski definition) is 1. The van der Waals surface area contributed by atoms with E-state index in [-0.39, 0.29) is 11.9 Å². The van der Waals surface area contributed by atoms with Crippen molar-refractivity contribution in [2.75, 3.05) is 7.05 Å². The molecule has 0 heterocycles. The van der Waals surface area contributed by atoms with Crippen LogP contribution in [0.1, 0.15) is 31.9 Å². The molecule has 2 rings (SSSR count). The van der Waals surface area contributed by atoms with Crippen LogP contribution in [-0.4, -0.2) is 35.1 Å². The maximum absolute atomic E-state index is 12.7. The van der Waals surface area contributed by atoms with E-state index in [9.17, 15) is 9.90 Å². The van der Waals surface area contributed by atoms with Gasteiger partial charge in [-0.1, -0.05) is 55.5 Å². The molecule has 1 amide bonds. The summed E-state index contributed by atoms with van der Waals surface area (Å²) in [4.78, 5) is 14.3. The summed E-state index contributed by atoms with van der Waals surface area (Å²) in [5, 5.41) is 10.5. The van der Waals surface area contributed by atoms with Gasteiger partial charge in [0.2, 0.25) is 0 Å². The van der Waals surface area contributed by atoms with Crippen LogP contribution in [0.3, 0.4) is 0 Å². The minimum Gasteiger partial charge on any atom is -0.481 e. The van der Waals surface area contributed by atoms with Crippen molar-refractivity contribution in [3.05, 3.63) is 66.2 Å². The number of likely N-dealkylation sites (N-methyl/N-ethyl adjacent to an activating group) is 1. The molecule has 4 nitrogen and oxygen atoms in total. The fourth-order valence-electron chi connectivity index (χ4n) is 2.54. The van der Waals surface area contributed by atoms with Crippen LogP contribution in [-0.2, 0) is 4.79 Å². The summed E-state index contributed by atoms with van der Waals surface area (Å²) in [5.74, 6) is 0.534. The molecule has 0 saturated carbocycles. The third-order valence-corrected chi connectivity index (χ3v) is 4.22. The monoisotopic (exact) mass is 327 g/mol. The van der Waals surface area contributed by atoms with Crippen LogP contribution < -0.4 is 4.74 Å². The molecule has 0 aliphatic carbocycles. The summed E-state index contributed by atoms with van der Waals surface area (Å²) in [5.41, 5.74) is 0.793. The van der Waals surface area contributed by atoms with E-state index in [0.29, 0.717) is 12.2 Å². The molecule has 128 valence electrons. The number of aliphatic hydroxyl groups excluding tert-OH is 1. The van der Waals surface area contributed by atoms with Crippen molar-refractivity contribution in [3.63, 3.8) is 0 Å². The summed E-state index contributed by atoms with van der Waals surface area (Å²) in [7, 11) is 1.70. The molecule has 0 aromatic heterocycles. The van der Waals surface area contributed by atoms with Gasteiger partial charge in [0.15, 0.2) is 6.10 Å². The zero-order chi connectivity index (χ0) is 17.5. The molecular weight excluding hydrogens is 302 g/mol. The van der Waals surface area contributed by atoms with E-state index < -0.39 is 12.2 Å². The molecule has 0 aliphatic heterocycles. The number of carbonyl (C=O) groups excluding carboxylic acids is 1. The van der Waals surface area contributed by atoms with Crippen molar-refractivity contribution in [2.45, 2.75) is 38.5 Å². The van der Waals surface area contributed by atoms with Crippen LogP contribution in [0.25, 0.3) is 0 Å². The standard InChI is InChI=1S/C20H25NO3/c1-4-18(24-17-13-9-6-10-14-17)20(23)21(3)15(2)19(22)16-11-7-5-8-12-16/h5-15,18-19,22H,4H2,1-3H3. The minimum absolute atomic E-state index is 0.135. The first-order valence-corrected chi connectivity index (χ1v) is 8.26. The van der Waals surface area contributed by atoms with Gasteiger partial charge < -0.3 is 14.7 Å². The van der Waals surface area contributed by atoms with Crippen molar-refractivity contribution in [1.82, 2.24) is 4.90 Å². The second-order valence-electron chi connectivity index (χ2n) is 5.87. The number of para-hydroxylation sites is 1. The fourth-order valence-corrected chi connectivity index (χ4v) is 2.54. The predicted molar refractivity (Wildman–Crippen MR) is 94.8 cm³/mol. The first-order valence-electron chi connectivity index (χ1n) is 8.26. The third-order valence-electron chi connectivity index (χ3n) is 4.22. The van der Waals surface area contributed by atoms with Gasteiger partial charge in [-0.2, -0.15) is 0 Å². The highest BCUT2D eigenvalue weighted by molar-refractivity contribution is 5.81. The SMILES string of the molecule is CCC(Oc1ccccc1)C(=O)N(C)C(C)C(O)c1ccccc1. The Morgan fingerprint density at radius 1 is 1.08 bits per heavy atom. The maximum Gasteiger partial charge on any atom is 0.263 e. The number of amides is 1. The second-order valence-corrected chi connectivity index (χ2v) is 5.87. The van der Waals surface area contributed by atoms with E-state index in [0.717, 1.165) is 5.56 Å². The number of benzene rings is 2. The van der Waals surface area contributed by atoms with E-state index in [2.05, 4.69) is 0 Å². The Labute approximate surface area is 143 Å². The lowest BCUT2D eigenvalue weighted by atomic mass is 10.0. The van der Waals surface area contributed by atoms with Crippen molar-refractivity contribution >= 4 is 5.91 Å². The molecule has 3 atom stereocenters. The number of nitrogens with zero attached hydrogens (tertiary/aromatic N) is 1. The molecule has 2 aromatic carbocycles. The van der Waals surface area contributed by atoms with Gasteiger partial charge in [0.05, 0.1) is 12.1 Å². The molecule has 4 heteroatoms. The van der Waals surface area contributed by atoms with Gasteiger partial charge in [0.1, 0.15) is 5.75 Å². The molecule has 0 saturated heterocycles. The van der Waals surface area contributed by atoms with Crippen LogP contribution in [0.15, 0.2) is 60.7 Å². The summed E-state index contributed by atoms with van der Waals surface area (Å²) in [6.45, 7) is 3.75. The topological polar surface area (TPSA) is 49.8 Å². The van der Waals surface area contributed by atoms with Gasteiger partial charge in [-0.15, -0.1) is 0 Å². The Morgan fingerprint density at radius 2 is 1.62 bits per heavy atom. The highest BCUT2D eigenvalue weighted by Gasteiger charge is 2.29. The predicted octanol–water partition coefficient (Wildman–Crippen LogP) is 3.42. The number of ether oxygens (including phenoxy) is 1. The lowest BCUT2D eigenvalue weighted by Crippen LogP contribution is -2.46. The lowest BCUT2D eigenvalue weighted by molar-refractivity contribution is -0.141.